The van der Waals surface area contributed by atoms with Crippen LogP contribution in [0.1, 0.15) is 42.1 Å². The van der Waals surface area contributed by atoms with Crippen molar-refractivity contribution in [2.24, 2.45) is 0 Å². The molecule has 1 atom stereocenters. The van der Waals surface area contributed by atoms with E-state index in [2.05, 4.69) is 39.8 Å². The lowest BCUT2D eigenvalue weighted by atomic mass is 10.0. The van der Waals surface area contributed by atoms with Gasteiger partial charge in [0.25, 0.3) is 0 Å². The number of nitrogens with zero attached hydrogens (tertiary/aromatic N) is 4. The van der Waals surface area contributed by atoms with Crippen LogP contribution in [0, 0.1) is 20.8 Å². The quantitative estimate of drug-likeness (QED) is 0.868. The first-order chi connectivity index (χ1) is 10.1. The highest BCUT2D eigenvalue weighted by atomic mass is 16.5. The van der Waals surface area contributed by atoms with E-state index >= 15 is 0 Å². The van der Waals surface area contributed by atoms with Gasteiger partial charge in [0.1, 0.15) is 0 Å². The third-order valence-electron chi connectivity index (χ3n) is 4.27. The molecule has 0 bridgehead atoms. The molecule has 0 aromatic carbocycles. The van der Waals surface area contributed by atoms with Crippen molar-refractivity contribution < 1.29 is 4.52 Å². The molecular weight excluding hydrogens is 264 g/mol. The van der Waals surface area contributed by atoms with Gasteiger partial charge in [-0.3, -0.25) is 9.58 Å². The van der Waals surface area contributed by atoms with Crippen molar-refractivity contribution in [3.05, 3.63) is 35.0 Å². The van der Waals surface area contributed by atoms with Crippen molar-refractivity contribution in [3.8, 4) is 0 Å². The van der Waals surface area contributed by atoms with Gasteiger partial charge in [0.05, 0.1) is 24.5 Å². The van der Waals surface area contributed by atoms with Gasteiger partial charge in [-0.15, -0.1) is 0 Å². The Labute approximate surface area is 125 Å². The highest BCUT2D eigenvalue weighted by Gasteiger charge is 2.24. The van der Waals surface area contributed by atoms with Gasteiger partial charge in [-0.2, -0.15) is 5.10 Å². The van der Waals surface area contributed by atoms with Crippen molar-refractivity contribution >= 4 is 0 Å². The number of piperidine rings is 1. The summed E-state index contributed by atoms with van der Waals surface area (Å²) in [6.07, 6.45) is 3.79. The Kier molecular flexibility index (Phi) is 4.10. The Hall–Kier alpha value is -1.62. The van der Waals surface area contributed by atoms with Gasteiger partial charge >= 0.3 is 0 Å². The second kappa shape index (κ2) is 6.02. The van der Waals surface area contributed by atoms with Crippen LogP contribution in [0.25, 0.3) is 0 Å². The summed E-state index contributed by atoms with van der Waals surface area (Å²) < 4.78 is 7.52. The summed E-state index contributed by atoms with van der Waals surface area (Å²) >= 11 is 0. The van der Waals surface area contributed by atoms with E-state index in [-0.39, 0.29) is 0 Å². The largest absolute Gasteiger partial charge is 0.360 e. The van der Waals surface area contributed by atoms with Crippen LogP contribution in [0.2, 0.25) is 0 Å². The van der Waals surface area contributed by atoms with Crippen molar-refractivity contribution in [2.45, 2.75) is 59.2 Å². The molecule has 0 N–H and O–H groups in total. The normalized spacial score (nSPS) is 20.0. The van der Waals surface area contributed by atoms with Gasteiger partial charge in [-0.05, 0) is 46.2 Å². The van der Waals surface area contributed by atoms with Gasteiger partial charge < -0.3 is 4.52 Å². The van der Waals surface area contributed by atoms with Crippen molar-refractivity contribution in [2.75, 3.05) is 6.54 Å². The number of rotatable bonds is 4. The fraction of sp³-hybridized carbons (Fsp3) is 0.625. The first kappa shape index (κ1) is 14.3. The van der Waals surface area contributed by atoms with Crippen LogP contribution < -0.4 is 0 Å². The van der Waals surface area contributed by atoms with E-state index in [0.717, 1.165) is 36.8 Å². The highest BCUT2D eigenvalue weighted by molar-refractivity contribution is 5.07. The van der Waals surface area contributed by atoms with Crippen LogP contribution in [-0.4, -0.2) is 32.4 Å². The van der Waals surface area contributed by atoms with E-state index < -0.39 is 0 Å². The highest BCUT2D eigenvalue weighted by Crippen LogP contribution is 2.21. The molecule has 0 amide bonds. The Balaban J connectivity index is 1.70. The van der Waals surface area contributed by atoms with E-state index in [4.69, 9.17) is 4.52 Å². The fourth-order valence-corrected chi connectivity index (χ4v) is 3.23. The molecule has 0 aliphatic carbocycles. The summed E-state index contributed by atoms with van der Waals surface area (Å²) in [6, 6.07) is 4.71. The lowest BCUT2D eigenvalue weighted by Crippen LogP contribution is -2.41. The fourth-order valence-electron chi connectivity index (χ4n) is 3.23. The molecule has 3 rings (SSSR count). The molecule has 5 heteroatoms. The molecule has 1 aliphatic rings. The Bertz CT molecular complexity index is 601. The summed E-state index contributed by atoms with van der Waals surface area (Å²) in [6.45, 7) is 9.10. The van der Waals surface area contributed by atoms with Gasteiger partial charge in [0.2, 0.25) is 0 Å². The van der Waals surface area contributed by atoms with Crippen LogP contribution >= 0.6 is 0 Å². The van der Waals surface area contributed by atoms with Gasteiger partial charge in [0, 0.05) is 17.8 Å². The Morgan fingerprint density at radius 3 is 2.71 bits per heavy atom. The third-order valence-corrected chi connectivity index (χ3v) is 4.27. The molecular formula is C16H24N4O. The SMILES string of the molecule is Cc1cc(CN2CCCC[C@@H]2Cn2nc(C)cc2C)on1. The van der Waals surface area contributed by atoms with E-state index in [1.807, 2.05) is 13.0 Å². The number of aryl methyl sites for hydroxylation is 3. The van der Waals surface area contributed by atoms with E-state index in [0.29, 0.717) is 6.04 Å². The molecule has 1 fully saturated rings. The zero-order valence-corrected chi connectivity index (χ0v) is 13.2. The Morgan fingerprint density at radius 1 is 1.19 bits per heavy atom. The predicted molar refractivity (Wildman–Crippen MR) is 81.0 cm³/mol. The number of hydrogen-bond donors (Lipinski definition) is 0. The molecule has 0 spiro atoms. The second-order valence-corrected chi connectivity index (χ2v) is 6.16. The summed E-state index contributed by atoms with van der Waals surface area (Å²) in [5, 5.41) is 8.59. The van der Waals surface area contributed by atoms with Crippen LogP contribution in [0.15, 0.2) is 16.7 Å². The molecule has 1 saturated heterocycles. The molecule has 1 aliphatic heterocycles. The van der Waals surface area contributed by atoms with Gasteiger partial charge in [-0.1, -0.05) is 11.6 Å². The van der Waals surface area contributed by atoms with Crippen LogP contribution in [0.3, 0.4) is 0 Å². The molecule has 21 heavy (non-hydrogen) atoms. The minimum atomic E-state index is 0.530. The van der Waals surface area contributed by atoms with E-state index in [1.54, 1.807) is 0 Å². The monoisotopic (exact) mass is 288 g/mol. The lowest BCUT2D eigenvalue weighted by molar-refractivity contribution is 0.109. The van der Waals surface area contributed by atoms with E-state index in [1.165, 1.54) is 25.0 Å². The van der Waals surface area contributed by atoms with Crippen molar-refractivity contribution in [1.29, 1.82) is 0 Å². The molecule has 0 unspecified atom stereocenters. The molecule has 0 saturated carbocycles. The summed E-state index contributed by atoms with van der Waals surface area (Å²) in [7, 11) is 0. The average molecular weight is 288 g/mol. The maximum absolute atomic E-state index is 5.38. The smallest absolute Gasteiger partial charge is 0.150 e. The zero-order valence-electron chi connectivity index (χ0n) is 13.2. The number of likely N-dealkylation sites (tertiary alicyclic amines) is 1. The van der Waals surface area contributed by atoms with Gasteiger partial charge in [-0.25, -0.2) is 0 Å². The topological polar surface area (TPSA) is 47.1 Å². The predicted octanol–water partition coefficient (Wildman–Crippen LogP) is 2.85. The molecule has 0 radical (unpaired) electrons. The third kappa shape index (κ3) is 3.35. The van der Waals surface area contributed by atoms with Gasteiger partial charge in [0.15, 0.2) is 5.76 Å². The maximum atomic E-state index is 5.38. The second-order valence-electron chi connectivity index (χ2n) is 6.16. The van der Waals surface area contributed by atoms with Crippen LogP contribution in [0.5, 0.6) is 0 Å². The molecule has 5 nitrogen and oxygen atoms in total. The molecule has 3 heterocycles. The molecule has 2 aromatic heterocycles. The maximum Gasteiger partial charge on any atom is 0.150 e. The van der Waals surface area contributed by atoms with Crippen molar-refractivity contribution in [1.82, 2.24) is 19.8 Å². The number of aromatic nitrogens is 3. The average Bonchev–Trinajstić information content (AvgIpc) is 2.98. The minimum absolute atomic E-state index is 0.530. The van der Waals surface area contributed by atoms with Crippen LogP contribution in [0.4, 0.5) is 0 Å². The summed E-state index contributed by atoms with van der Waals surface area (Å²) in [5.74, 6) is 0.966. The first-order valence-electron chi connectivity index (χ1n) is 7.79. The van der Waals surface area contributed by atoms with Crippen molar-refractivity contribution in [3.63, 3.8) is 0 Å². The Morgan fingerprint density at radius 2 is 2.05 bits per heavy atom. The molecule has 2 aromatic rings. The standard InChI is InChI=1S/C16H24N4O/c1-12-8-14(3)20(17-12)10-15-6-4-5-7-19(15)11-16-9-13(2)18-21-16/h8-9,15H,4-7,10-11H2,1-3H3/t15-/m1/s1. The first-order valence-corrected chi connectivity index (χ1v) is 7.79. The molecule has 114 valence electrons. The summed E-state index contributed by atoms with van der Waals surface area (Å²) in [5.41, 5.74) is 3.30. The van der Waals surface area contributed by atoms with Crippen LogP contribution in [-0.2, 0) is 13.1 Å². The summed E-state index contributed by atoms with van der Waals surface area (Å²) in [4.78, 5) is 2.51. The minimum Gasteiger partial charge on any atom is -0.360 e. The zero-order chi connectivity index (χ0) is 14.8. The lowest BCUT2D eigenvalue weighted by Gasteiger charge is -2.35. The number of hydrogen-bond acceptors (Lipinski definition) is 4. The van der Waals surface area contributed by atoms with E-state index in [9.17, 15) is 0 Å².